The van der Waals surface area contributed by atoms with Gasteiger partial charge in [0.05, 0.1) is 0 Å². The molecular weight excluding hydrogens is 518 g/mol. The number of carbonyl (C=O) groups excluding carboxylic acids is 4. The maximum Gasteiger partial charge on any atom is 0.330 e. The van der Waals surface area contributed by atoms with Crippen molar-refractivity contribution >= 4 is 23.9 Å². The van der Waals surface area contributed by atoms with Gasteiger partial charge in [-0.2, -0.15) is 0 Å². The van der Waals surface area contributed by atoms with Crippen LogP contribution in [0, 0.1) is 0 Å². The lowest BCUT2D eigenvalue weighted by Crippen LogP contribution is -2.34. The van der Waals surface area contributed by atoms with Crippen LogP contribution >= 0.6 is 0 Å². The van der Waals surface area contributed by atoms with Gasteiger partial charge >= 0.3 is 23.9 Å². The second kappa shape index (κ2) is 29.7. The van der Waals surface area contributed by atoms with Crippen LogP contribution in [0.2, 0.25) is 0 Å². The molecule has 0 saturated carbocycles. The van der Waals surface area contributed by atoms with Gasteiger partial charge in [0.25, 0.3) is 0 Å². The highest BCUT2D eigenvalue weighted by atomic mass is 16.6. The van der Waals surface area contributed by atoms with Crippen molar-refractivity contribution in [1.29, 1.82) is 0 Å². The normalized spacial score (nSPS) is 11.8. The highest BCUT2D eigenvalue weighted by molar-refractivity contribution is 5.89. The van der Waals surface area contributed by atoms with E-state index in [2.05, 4.69) is 13.8 Å². The van der Waals surface area contributed by atoms with E-state index in [1.807, 2.05) is 0 Å². The summed E-state index contributed by atoms with van der Waals surface area (Å²) in [6.45, 7) is 4.44. The van der Waals surface area contributed by atoms with Crippen LogP contribution in [-0.2, 0) is 28.7 Å². The van der Waals surface area contributed by atoms with Crippen molar-refractivity contribution in [1.82, 2.24) is 0 Å². The van der Waals surface area contributed by atoms with Gasteiger partial charge in [-0.25, -0.2) is 4.79 Å². The van der Waals surface area contributed by atoms with E-state index >= 15 is 0 Å². The van der Waals surface area contributed by atoms with Crippen molar-refractivity contribution in [2.45, 2.75) is 193 Å². The first-order valence-corrected chi connectivity index (χ1v) is 17.1. The summed E-state index contributed by atoms with van der Waals surface area (Å²) < 4.78 is 9.64. The summed E-state index contributed by atoms with van der Waals surface area (Å²) in [4.78, 5) is 47.7. The van der Waals surface area contributed by atoms with Crippen molar-refractivity contribution in [3.05, 3.63) is 0 Å². The molecule has 7 nitrogen and oxygen atoms in total. The number of carbonyl (C=O) groups is 4. The number of hydrogen-bond donors (Lipinski definition) is 1. The summed E-state index contributed by atoms with van der Waals surface area (Å²) in [5.74, 6) is -2.67. The van der Waals surface area contributed by atoms with Crippen LogP contribution in [0.1, 0.15) is 187 Å². The molecule has 1 atom stereocenters. The molecule has 0 rings (SSSR count). The average Bonchev–Trinajstić information content (AvgIpc) is 2.95. The molecule has 0 radical (unpaired) electrons. The summed E-state index contributed by atoms with van der Waals surface area (Å²) in [5.41, 5.74) is 5.76. The van der Waals surface area contributed by atoms with Crippen LogP contribution in [0.5, 0.6) is 0 Å². The number of rotatable bonds is 29. The molecule has 0 aliphatic rings. The Morgan fingerprint density at radius 3 is 1.10 bits per heavy atom. The molecule has 0 spiro atoms. The summed E-state index contributed by atoms with van der Waals surface area (Å²) in [6.07, 6.45) is 27.7. The molecule has 0 aromatic heterocycles. The Hall–Kier alpha value is -1.76. The van der Waals surface area contributed by atoms with Crippen LogP contribution < -0.4 is 5.73 Å². The predicted molar refractivity (Wildman–Crippen MR) is 166 cm³/mol. The molecule has 0 bridgehead atoms. The fraction of sp³-hybridized carbons (Fsp3) is 0.882. The van der Waals surface area contributed by atoms with E-state index in [4.69, 9.17) is 15.2 Å². The van der Waals surface area contributed by atoms with Crippen LogP contribution in [0.3, 0.4) is 0 Å². The topological polar surface area (TPSA) is 113 Å². The third-order valence-electron chi connectivity index (χ3n) is 7.62. The van der Waals surface area contributed by atoms with Crippen molar-refractivity contribution < 1.29 is 28.7 Å². The van der Waals surface area contributed by atoms with Crippen molar-refractivity contribution in [3.8, 4) is 0 Å². The highest BCUT2D eigenvalue weighted by Crippen LogP contribution is 2.14. The minimum atomic E-state index is -1.10. The van der Waals surface area contributed by atoms with E-state index in [1.165, 1.54) is 103 Å². The van der Waals surface area contributed by atoms with Gasteiger partial charge < -0.3 is 15.2 Å². The van der Waals surface area contributed by atoms with Crippen LogP contribution in [0.4, 0.5) is 0 Å². The minimum absolute atomic E-state index is 0.0328. The van der Waals surface area contributed by atoms with Crippen molar-refractivity contribution in [2.24, 2.45) is 5.73 Å². The molecule has 0 saturated heterocycles. The Morgan fingerprint density at radius 2 is 0.732 bits per heavy atom. The Kier molecular flexibility index (Phi) is 28.4. The van der Waals surface area contributed by atoms with Gasteiger partial charge in [-0.05, 0) is 19.3 Å². The summed E-state index contributed by atoms with van der Waals surface area (Å²) >= 11 is 0. The maximum atomic E-state index is 12.0. The molecule has 0 aromatic carbocycles. The van der Waals surface area contributed by atoms with E-state index < -0.39 is 29.9 Å². The fourth-order valence-electron chi connectivity index (χ4n) is 4.90. The van der Waals surface area contributed by atoms with E-state index in [0.29, 0.717) is 12.8 Å². The zero-order valence-electron chi connectivity index (χ0n) is 26.7. The fourth-order valence-corrected chi connectivity index (χ4v) is 4.90. The van der Waals surface area contributed by atoms with Crippen LogP contribution in [-0.4, -0.2) is 29.9 Å². The molecule has 0 aliphatic carbocycles. The molecule has 2 N–H and O–H groups in total. The SMILES string of the molecule is CCCCCCCCCCCCCCCCCC(=O)OC(=O)CC[C@H](N)C(=O)OC(=O)CCCCCCCCCC. The maximum absolute atomic E-state index is 12.0. The Bertz CT molecular complexity index is 666. The monoisotopic (exact) mass is 581 g/mol. The van der Waals surface area contributed by atoms with E-state index in [1.54, 1.807) is 0 Å². The molecule has 0 aliphatic heterocycles. The van der Waals surface area contributed by atoms with Gasteiger partial charge in [0, 0.05) is 19.3 Å². The van der Waals surface area contributed by atoms with Gasteiger partial charge in [-0.3, -0.25) is 14.4 Å². The van der Waals surface area contributed by atoms with Crippen LogP contribution in [0.25, 0.3) is 0 Å². The van der Waals surface area contributed by atoms with Gasteiger partial charge in [-0.1, -0.05) is 149 Å². The standard InChI is InChI=1S/C34H63NO6/c1-3-5-7-9-11-13-14-15-16-17-18-19-21-22-24-26-31(36)40-33(38)29-28-30(35)34(39)41-32(37)27-25-23-20-12-10-8-6-4-2/h30H,3-29,35H2,1-2H3/t30-/m0/s1. The Balaban J connectivity index is 3.64. The number of nitrogens with two attached hydrogens (primary N) is 1. The number of hydrogen-bond acceptors (Lipinski definition) is 7. The smallest absolute Gasteiger partial charge is 0.330 e. The lowest BCUT2D eigenvalue weighted by molar-refractivity contribution is -0.160. The van der Waals surface area contributed by atoms with E-state index in [9.17, 15) is 19.2 Å². The average molecular weight is 582 g/mol. The van der Waals surface area contributed by atoms with Crippen LogP contribution in [0.15, 0.2) is 0 Å². The molecular formula is C34H63NO6. The van der Waals surface area contributed by atoms with Gasteiger partial charge in [0.2, 0.25) is 0 Å². The second-order valence-corrected chi connectivity index (χ2v) is 11.7. The first-order valence-electron chi connectivity index (χ1n) is 17.1. The molecule has 41 heavy (non-hydrogen) atoms. The third-order valence-corrected chi connectivity index (χ3v) is 7.62. The van der Waals surface area contributed by atoms with Gasteiger partial charge in [0.1, 0.15) is 6.04 Å². The second-order valence-electron chi connectivity index (χ2n) is 11.7. The lowest BCUT2D eigenvalue weighted by atomic mass is 10.0. The van der Waals surface area contributed by atoms with Gasteiger partial charge in [-0.15, -0.1) is 0 Å². The van der Waals surface area contributed by atoms with E-state index in [-0.39, 0.29) is 25.7 Å². The number of esters is 4. The molecule has 0 fully saturated rings. The molecule has 240 valence electrons. The molecule has 0 unspecified atom stereocenters. The lowest BCUT2D eigenvalue weighted by Gasteiger charge is -2.10. The summed E-state index contributed by atoms with van der Waals surface area (Å²) in [5, 5.41) is 0. The van der Waals surface area contributed by atoms with E-state index in [0.717, 1.165) is 32.1 Å². The number of unbranched alkanes of at least 4 members (excludes halogenated alkanes) is 21. The Morgan fingerprint density at radius 1 is 0.439 bits per heavy atom. The Labute approximate surface area is 251 Å². The summed E-state index contributed by atoms with van der Waals surface area (Å²) in [6, 6.07) is -1.10. The largest absolute Gasteiger partial charge is 0.393 e. The van der Waals surface area contributed by atoms with Crippen molar-refractivity contribution in [2.75, 3.05) is 0 Å². The molecule has 0 amide bonds. The first-order chi connectivity index (χ1) is 19.9. The predicted octanol–water partition coefficient (Wildman–Crippen LogP) is 9.03. The number of ether oxygens (including phenoxy) is 2. The van der Waals surface area contributed by atoms with Crippen molar-refractivity contribution in [3.63, 3.8) is 0 Å². The molecule has 0 heterocycles. The zero-order chi connectivity index (χ0) is 30.4. The third kappa shape index (κ3) is 28.1. The quantitative estimate of drug-likeness (QED) is 0.0532. The zero-order valence-corrected chi connectivity index (χ0v) is 26.7. The highest BCUT2D eigenvalue weighted by Gasteiger charge is 2.21. The molecule has 7 heteroatoms. The summed E-state index contributed by atoms with van der Waals surface area (Å²) in [7, 11) is 0. The minimum Gasteiger partial charge on any atom is -0.393 e. The first kappa shape index (κ1) is 39.2. The van der Waals surface area contributed by atoms with Gasteiger partial charge in [0.15, 0.2) is 0 Å². The molecule has 0 aromatic rings.